The van der Waals surface area contributed by atoms with Gasteiger partial charge in [-0.25, -0.2) is 0 Å². The van der Waals surface area contributed by atoms with Crippen LogP contribution in [0.4, 0.5) is 0 Å². The molecule has 4 heteroatoms. The van der Waals surface area contributed by atoms with Gasteiger partial charge in [0.05, 0.1) is 13.2 Å². The maximum atomic E-state index is 12.7. The predicted molar refractivity (Wildman–Crippen MR) is 101 cm³/mol. The van der Waals surface area contributed by atoms with E-state index >= 15 is 0 Å². The smallest absolute Gasteiger partial charge is 0.236 e. The predicted octanol–water partition coefficient (Wildman–Crippen LogP) is 3.70. The minimum absolute atomic E-state index is 0.236. The molecule has 0 bridgehead atoms. The second kappa shape index (κ2) is 8.70. The van der Waals surface area contributed by atoms with Crippen LogP contribution in [0.15, 0.2) is 24.3 Å². The minimum atomic E-state index is 0.236. The number of ether oxygens (including phenoxy) is 1. The third-order valence-corrected chi connectivity index (χ3v) is 5.78. The minimum Gasteiger partial charge on any atom is -0.494 e. The molecule has 3 rings (SSSR count). The fraction of sp³-hybridized carbons (Fsp3) is 0.667. The van der Waals surface area contributed by atoms with E-state index in [1.54, 1.807) is 0 Å². The first kappa shape index (κ1) is 18.2. The fourth-order valence-electron chi connectivity index (χ4n) is 4.44. The van der Waals surface area contributed by atoms with E-state index in [1.807, 2.05) is 43.1 Å². The third-order valence-electron chi connectivity index (χ3n) is 5.78. The molecule has 2 unspecified atom stereocenters. The van der Waals surface area contributed by atoms with Gasteiger partial charge in [-0.15, -0.1) is 0 Å². The van der Waals surface area contributed by atoms with Crippen molar-refractivity contribution in [3.63, 3.8) is 0 Å². The zero-order chi connectivity index (χ0) is 17.6. The van der Waals surface area contributed by atoms with E-state index in [9.17, 15) is 4.79 Å². The summed E-state index contributed by atoms with van der Waals surface area (Å²) in [5.74, 6) is 1.95. The number of fused-ring (bicyclic) bond motifs is 1. The molecule has 2 aliphatic rings. The van der Waals surface area contributed by atoms with Crippen molar-refractivity contribution in [1.29, 1.82) is 0 Å². The number of nitrogens with zero attached hydrogens (tertiary/aromatic N) is 2. The molecular formula is C21H32N2O2. The molecule has 2 fully saturated rings. The Bertz CT molecular complexity index is 556. The zero-order valence-corrected chi connectivity index (χ0v) is 15.7. The molecule has 1 aliphatic heterocycles. The van der Waals surface area contributed by atoms with Crippen molar-refractivity contribution in [1.82, 2.24) is 9.80 Å². The highest BCUT2D eigenvalue weighted by atomic mass is 16.5. The summed E-state index contributed by atoms with van der Waals surface area (Å²) in [6.07, 6.45) is 7.95. The lowest BCUT2D eigenvalue weighted by molar-refractivity contribution is -0.133. The number of likely N-dealkylation sites (tertiary alicyclic amines) is 1. The van der Waals surface area contributed by atoms with Gasteiger partial charge in [0, 0.05) is 19.6 Å². The van der Waals surface area contributed by atoms with Crippen molar-refractivity contribution in [2.75, 3.05) is 26.7 Å². The van der Waals surface area contributed by atoms with Crippen molar-refractivity contribution in [2.45, 2.75) is 58.0 Å². The summed E-state index contributed by atoms with van der Waals surface area (Å²) >= 11 is 0. The number of carbonyl (C=O) groups excluding carboxylic acids is 1. The normalized spacial score (nSPS) is 23.8. The maximum Gasteiger partial charge on any atom is 0.236 e. The summed E-state index contributed by atoms with van der Waals surface area (Å²) in [4.78, 5) is 17.0. The van der Waals surface area contributed by atoms with Gasteiger partial charge in [0.1, 0.15) is 5.75 Å². The second-order valence-electron chi connectivity index (χ2n) is 7.55. The van der Waals surface area contributed by atoms with Crippen LogP contribution in [0.5, 0.6) is 5.75 Å². The Labute approximate surface area is 152 Å². The van der Waals surface area contributed by atoms with Gasteiger partial charge in [-0.3, -0.25) is 9.69 Å². The first-order valence-electron chi connectivity index (χ1n) is 9.87. The average molecular weight is 344 g/mol. The number of benzene rings is 1. The van der Waals surface area contributed by atoms with Crippen LogP contribution in [0.2, 0.25) is 0 Å². The number of amides is 1. The largest absolute Gasteiger partial charge is 0.494 e. The van der Waals surface area contributed by atoms with Gasteiger partial charge in [0.25, 0.3) is 0 Å². The highest BCUT2D eigenvalue weighted by Crippen LogP contribution is 2.35. The van der Waals surface area contributed by atoms with Gasteiger partial charge in [-0.05, 0) is 62.8 Å². The number of hydrogen-bond acceptors (Lipinski definition) is 3. The molecular weight excluding hydrogens is 312 g/mol. The molecule has 1 heterocycles. The topological polar surface area (TPSA) is 32.8 Å². The Morgan fingerprint density at radius 3 is 2.64 bits per heavy atom. The summed E-state index contributed by atoms with van der Waals surface area (Å²) in [7, 11) is 1.92. The Balaban J connectivity index is 1.53. The Kier molecular flexibility index (Phi) is 6.35. The van der Waals surface area contributed by atoms with Gasteiger partial charge in [-0.1, -0.05) is 25.0 Å². The number of hydrogen-bond donors (Lipinski definition) is 0. The van der Waals surface area contributed by atoms with Crippen LogP contribution in [0.25, 0.3) is 0 Å². The SMILES string of the molecule is CCOc1ccc(CN(C)C(=O)CN2CCCC3CCCCC32)cc1. The van der Waals surface area contributed by atoms with Crippen molar-refractivity contribution < 1.29 is 9.53 Å². The first-order valence-corrected chi connectivity index (χ1v) is 9.87. The van der Waals surface area contributed by atoms with Crippen molar-refractivity contribution in [2.24, 2.45) is 5.92 Å². The van der Waals surface area contributed by atoms with Gasteiger partial charge >= 0.3 is 0 Å². The van der Waals surface area contributed by atoms with Crippen LogP contribution in [0.3, 0.4) is 0 Å². The molecule has 25 heavy (non-hydrogen) atoms. The van der Waals surface area contributed by atoms with Crippen molar-refractivity contribution >= 4 is 5.91 Å². The number of piperidine rings is 1. The number of carbonyl (C=O) groups is 1. The van der Waals surface area contributed by atoms with Gasteiger partial charge in [-0.2, -0.15) is 0 Å². The van der Waals surface area contributed by atoms with Gasteiger partial charge in [0.2, 0.25) is 5.91 Å². The van der Waals surface area contributed by atoms with E-state index < -0.39 is 0 Å². The highest BCUT2D eigenvalue weighted by molar-refractivity contribution is 5.78. The lowest BCUT2D eigenvalue weighted by Gasteiger charge is -2.44. The van der Waals surface area contributed by atoms with E-state index in [4.69, 9.17) is 4.74 Å². The standard InChI is InChI=1S/C21H32N2O2/c1-3-25-19-12-10-17(11-13-19)15-22(2)21(24)16-23-14-6-8-18-7-4-5-9-20(18)23/h10-13,18,20H,3-9,14-16H2,1-2H3. The summed E-state index contributed by atoms with van der Waals surface area (Å²) in [5.41, 5.74) is 1.15. The Morgan fingerprint density at radius 1 is 1.16 bits per heavy atom. The summed E-state index contributed by atoms with van der Waals surface area (Å²) < 4.78 is 5.48. The van der Waals surface area contributed by atoms with Crippen LogP contribution >= 0.6 is 0 Å². The Hall–Kier alpha value is -1.55. The third kappa shape index (κ3) is 4.75. The molecule has 1 saturated heterocycles. The van der Waals surface area contributed by atoms with Crippen molar-refractivity contribution in [3.05, 3.63) is 29.8 Å². The summed E-state index contributed by atoms with van der Waals surface area (Å²) in [6, 6.07) is 8.70. The first-order chi connectivity index (χ1) is 12.2. The average Bonchev–Trinajstić information content (AvgIpc) is 2.64. The van der Waals surface area contributed by atoms with Crippen LogP contribution in [0, 0.1) is 5.92 Å². The molecule has 1 aliphatic carbocycles. The summed E-state index contributed by atoms with van der Waals surface area (Å²) in [6.45, 7) is 4.99. The highest BCUT2D eigenvalue weighted by Gasteiger charge is 2.34. The molecule has 1 amide bonds. The lowest BCUT2D eigenvalue weighted by atomic mass is 9.78. The molecule has 2 atom stereocenters. The number of likely N-dealkylation sites (N-methyl/N-ethyl adjacent to an activating group) is 1. The van der Waals surface area contributed by atoms with Crippen molar-refractivity contribution in [3.8, 4) is 5.75 Å². The molecule has 0 N–H and O–H groups in total. The van der Waals surface area contributed by atoms with Crippen LogP contribution < -0.4 is 4.74 Å². The monoisotopic (exact) mass is 344 g/mol. The fourth-order valence-corrected chi connectivity index (χ4v) is 4.44. The van der Waals surface area contributed by atoms with Gasteiger partial charge < -0.3 is 9.64 Å². The molecule has 1 aromatic carbocycles. The van der Waals surface area contributed by atoms with Crippen LogP contribution in [-0.2, 0) is 11.3 Å². The maximum absolute atomic E-state index is 12.7. The molecule has 0 aromatic heterocycles. The van der Waals surface area contributed by atoms with E-state index in [1.165, 1.54) is 38.5 Å². The lowest BCUT2D eigenvalue weighted by Crippen LogP contribution is -2.50. The van der Waals surface area contributed by atoms with E-state index in [2.05, 4.69) is 4.90 Å². The van der Waals surface area contributed by atoms with Gasteiger partial charge in [0.15, 0.2) is 0 Å². The van der Waals surface area contributed by atoms with Crippen LogP contribution in [0.1, 0.15) is 51.0 Å². The van der Waals surface area contributed by atoms with Crippen LogP contribution in [-0.4, -0.2) is 48.5 Å². The number of rotatable bonds is 6. The van der Waals surface area contributed by atoms with E-state index in [-0.39, 0.29) is 5.91 Å². The van der Waals surface area contributed by atoms with E-state index in [0.29, 0.717) is 25.7 Å². The zero-order valence-electron chi connectivity index (χ0n) is 15.7. The molecule has 1 saturated carbocycles. The Morgan fingerprint density at radius 2 is 1.88 bits per heavy atom. The molecule has 0 radical (unpaired) electrons. The van der Waals surface area contributed by atoms with E-state index in [0.717, 1.165) is 23.8 Å². The quantitative estimate of drug-likeness (QED) is 0.789. The summed E-state index contributed by atoms with van der Waals surface area (Å²) in [5, 5.41) is 0. The molecule has 138 valence electrons. The molecule has 1 aromatic rings. The second-order valence-corrected chi connectivity index (χ2v) is 7.55. The molecule has 0 spiro atoms. The molecule has 4 nitrogen and oxygen atoms in total.